The van der Waals surface area contributed by atoms with Gasteiger partial charge in [-0.2, -0.15) is 5.10 Å². The molecule has 0 spiro atoms. The Bertz CT molecular complexity index is 1040. The van der Waals surface area contributed by atoms with Gasteiger partial charge in [0.2, 0.25) is 5.91 Å². The van der Waals surface area contributed by atoms with Gasteiger partial charge in [0, 0.05) is 36.3 Å². The van der Waals surface area contributed by atoms with E-state index in [1.807, 2.05) is 24.3 Å². The lowest BCUT2D eigenvalue weighted by molar-refractivity contribution is -0.118. The van der Waals surface area contributed by atoms with Crippen LogP contribution in [0.15, 0.2) is 49.1 Å². The zero-order valence-corrected chi connectivity index (χ0v) is 17.6. The summed E-state index contributed by atoms with van der Waals surface area (Å²) in [5.41, 5.74) is 8.97. The minimum absolute atomic E-state index is 0.0497. The van der Waals surface area contributed by atoms with E-state index in [4.69, 9.17) is 15.2 Å². The molecule has 162 valence electrons. The molecule has 1 saturated carbocycles. The Kier molecular flexibility index (Phi) is 6.35. The molecular weight excluding hydrogens is 394 g/mol. The average molecular weight is 422 g/mol. The Morgan fingerprint density at radius 1 is 1.16 bits per heavy atom. The molecule has 8 heteroatoms. The topological polar surface area (TPSA) is 104 Å². The van der Waals surface area contributed by atoms with Gasteiger partial charge in [-0.3, -0.25) is 14.5 Å². The third kappa shape index (κ3) is 5.33. The van der Waals surface area contributed by atoms with Gasteiger partial charge < -0.3 is 20.5 Å². The summed E-state index contributed by atoms with van der Waals surface area (Å²) in [4.78, 5) is 15.4. The second-order valence-corrected chi connectivity index (χ2v) is 7.72. The van der Waals surface area contributed by atoms with Gasteiger partial charge in [-0.05, 0) is 49.4 Å². The number of nitrogens with two attached hydrogens (primary N) is 1. The van der Waals surface area contributed by atoms with Crippen LogP contribution in [-0.4, -0.2) is 33.9 Å². The van der Waals surface area contributed by atoms with Crippen LogP contribution in [-0.2, 0) is 17.9 Å². The maximum atomic E-state index is 11.1. The van der Waals surface area contributed by atoms with Crippen LogP contribution in [0.1, 0.15) is 31.2 Å². The number of anilines is 1. The molecule has 1 aliphatic rings. The van der Waals surface area contributed by atoms with E-state index in [9.17, 15) is 4.79 Å². The fourth-order valence-electron chi connectivity index (χ4n) is 3.77. The van der Waals surface area contributed by atoms with Gasteiger partial charge >= 0.3 is 0 Å². The molecule has 0 aliphatic heterocycles. The first-order valence-electron chi connectivity index (χ1n) is 10.4. The third-order valence-corrected chi connectivity index (χ3v) is 5.34. The zero-order valence-electron chi connectivity index (χ0n) is 17.6. The van der Waals surface area contributed by atoms with Crippen molar-refractivity contribution in [2.45, 2.75) is 44.9 Å². The number of pyridine rings is 1. The standard InChI is InChI=1S/C23H27N5O3/c1-30-21-7-6-16(8-22(21)31-20-4-2-3-5-20)10-26-19-9-17(11-25-13-19)18-12-27-28(14-18)15-23(24)29/h6-9,11-14,20,26H,2-5,10,15H2,1H3,(H2,24,29). The molecule has 0 bridgehead atoms. The van der Waals surface area contributed by atoms with Crippen molar-refractivity contribution in [1.29, 1.82) is 0 Å². The van der Waals surface area contributed by atoms with Gasteiger partial charge in [-0.15, -0.1) is 0 Å². The molecule has 1 aromatic carbocycles. The highest BCUT2D eigenvalue weighted by atomic mass is 16.5. The van der Waals surface area contributed by atoms with Crippen molar-refractivity contribution in [3.63, 3.8) is 0 Å². The maximum absolute atomic E-state index is 11.1. The molecule has 8 nitrogen and oxygen atoms in total. The first kappa shape index (κ1) is 20.7. The van der Waals surface area contributed by atoms with Gasteiger partial charge in [0.05, 0.1) is 25.1 Å². The Morgan fingerprint density at radius 3 is 2.77 bits per heavy atom. The van der Waals surface area contributed by atoms with E-state index >= 15 is 0 Å². The van der Waals surface area contributed by atoms with Gasteiger partial charge in [-0.25, -0.2) is 0 Å². The van der Waals surface area contributed by atoms with Crippen molar-refractivity contribution in [2.24, 2.45) is 5.73 Å². The Balaban J connectivity index is 1.43. The SMILES string of the molecule is COc1ccc(CNc2cncc(-c3cnn(CC(N)=O)c3)c2)cc1OC1CCCC1. The van der Waals surface area contributed by atoms with Gasteiger partial charge in [0.25, 0.3) is 0 Å². The molecule has 2 aromatic heterocycles. The summed E-state index contributed by atoms with van der Waals surface area (Å²) in [7, 11) is 1.66. The number of amides is 1. The number of rotatable bonds is 9. The van der Waals surface area contributed by atoms with Crippen molar-refractivity contribution in [3.05, 3.63) is 54.6 Å². The first-order chi connectivity index (χ1) is 15.1. The number of nitrogens with one attached hydrogen (secondary N) is 1. The molecule has 31 heavy (non-hydrogen) atoms. The molecule has 2 heterocycles. The number of nitrogens with zero attached hydrogens (tertiary/aromatic N) is 3. The summed E-state index contributed by atoms with van der Waals surface area (Å²) in [6.45, 7) is 0.672. The predicted molar refractivity (Wildman–Crippen MR) is 118 cm³/mol. The highest BCUT2D eigenvalue weighted by Crippen LogP contribution is 2.32. The van der Waals surface area contributed by atoms with Crippen LogP contribution in [0.25, 0.3) is 11.1 Å². The van der Waals surface area contributed by atoms with E-state index in [2.05, 4.69) is 15.4 Å². The number of hydrogen-bond donors (Lipinski definition) is 2. The molecule has 1 fully saturated rings. The average Bonchev–Trinajstić information content (AvgIpc) is 3.44. The molecule has 0 atom stereocenters. The van der Waals surface area contributed by atoms with Crippen LogP contribution >= 0.6 is 0 Å². The number of methoxy groups -OCH3 is 1. The first-order valence-corrected chi connectivity index (χ1v) is 10.4. The number of benzene rings is 1. The lowest BCUT2D eigenvalue weighted by atomic mass is 10.1. The molecule has 0 radical (unpaired) electrons. The van der Waals surface area contributed by atoms with Crippen LogP contribution in [0.5, 0.6) is 11.5 Å². The van der Waals surface area contributed by atoms with Crippen molar-refractivity contribution in [1.82, 2.24) is 14.8 Å². The van der Waals surface area contributed by atoms with E-state index in [0.717, 1.165) is 46.7 Å². The second kappa shape index (κ2) is 9.51. The number of ether oxygens (including phenoxy) is 2. The molecule has 1 aliphatic carbocycles. The highest BCUT2D eigenvalue weighted by Gasteiger charge is 2.18. The van der Waals surface area contributed by atoms with E-state index in [1.54, 1.807) is 31.9 Å². The molecular formula is C23H27N5O3. The number of hydrogen-bond acceptors (Lipinski definition) is 6. The molecule has 4 rings (SSSR count). The van der Waals surface area contributed by atoms with Crippen LogP contribution < -0.4 is 20.5 Å². The minimum atomic E-state index is -0.432. The Morgan fingerprint density at radius 2 is 2.00 bits per heavy atom. The minimum Gasteiger partial charge on any atom is -0.493 e. The van der Waals surface area contributed by atoms with E-state index < -0.39 is 5.91 Å². The predicted octanol–water partition coefficient (Wildman–Crippen LogP) is 3.37. The summed E-state index contributed by atoms with van der Waals surface area (Å²) in [6, 6.07) is 8.01. The van der Waals surface area contributed by atoms with Gasteiger partial charge in [-0.1, -0.05) is 6.07 Å². The number of primary amides is 1. The zero-order chi connectivity index (χ0) is 21.6. The number of carbonyl (C=O) groups is 1. The largest absolute Gasteiger partial charge is 0.493 e. The van der Waals surface area contributed by atoms with E-state index in [-0.39, 0.29) is 12.6 Å². The number of carbonyl (C=O) groups excluding carboxylic acids is 1. The number of aromatic nitrogens is 3. The van der Waals surface area contributed by atoms with E-state index in [1.165, 1.54) is 17.5 Å². The Hall–Kier alpha value is -3.55. The molecule has 3 N–H and O–H groups in total. The molecule has 0 unspecified atom stereocenters. The molecule has 1 amide bonds. The normalized spacial score (nSPS) is 13.8. The summed E-state index contributed by atoms with van der Waals surface area (Å²) in [5.74, 6) is 1.12. The quantitative estimate of drug-likeness (QED) is 0.549. The van der Waals surface area contributed by atoms with Crippen molar-refractivity contribution in [2.75, 3.05) is 12.4 Å². The summed E-state index contributed by atoms with van der Waals surface area (Å²) in [6.07, 6.45) is 11.9. The second-order valence-electron chi connectivity index (χ2n) is 7.72. The maximum Gasteiger partial charge on any atom is 0.239 e. The van der Waals surface area contributed by atoms with E-state index in [0.29, 0.717) is 6.54 Å². The fourth-order valence-corrected chi connectivity index (χ4v) is 3.77. The monoisotopic (exact) mass is 421 g/mol. The van der Waals surface area contributed by atoms with Crippen LogP contribution in [0.4, 0.5) is 5.69 Å². The summed E-state index contributed by atoms with van der Waals surface area (Å²) in [5, 5.41) is 7.57. The Labute approximate surface area is 181 Å². The van der Waals surface area contributed by atoms with Crippen molar-refractivity contribution < 1.29 is 14.3 Å². The van der Waals surface area contributed by atoms with Crippen molar-refractivity contribution >= 4 is 11.6 Å². The molecule has 3 aromatic rings. The van der Waals surface area contributed by atoms with Crippen LogP contribution in [0.2, 0.25) is 0 Å². The third-order valence-electron chi connectivity index (χ3n) is 5.34. The fraction of sp³-hybridized carbons (Fsp3) is 0.348. The van der Waals surface area contributed by atoms with Gasteiger partial charge in [0.1, 0.15) is 6.54 Å². The van der Waals surface area contributed by atoms with Crippen LogP contribution in [0, 0.1) is 0 Å². The lowest BCUT2D eigenvalue weighted by Gasteiger charge is -2.17. The van der Waals surface area contributed by atoms with Gasteiger partial charge in [0.15, 0.2) is 11.5 Å². The summed E-state index contributed by atoms with van der Waals surface area (Å²) >= 11 is 0. The lowest BCUT2D eigenvalue weighted by Crippen LogP contribution is -2.18. The van der Waals surface area contributed by atoms with Crippen molar-refractivity contribution in [3.8, 4) is 22.6 Å². The highest BCUT2D eigenvalue weighted by molar-refractivity contribution is 5.73. The van der Waals surface area contributed by atoms with Crippen LogP contribution in [0.3, 0.4) is 0 Å². The summed E-state index contributed by atoms with van der Waals surface area (Å²) < 4.78 is 13.2. The molecule has 0 saturated heterocycles. The smallest absolute Gasteiger partial charge is 0.239 e.